The van der Waals surface area contributed by atoms with E-state index in [4.69, 9.17) is 4.52 Å². The predicted molar refractivity (Wildman–Crippen MR) is 154 cm³/mol. The molecule has 2 rings (SSSR count). The van der Waals surface area contributed by atoms with Gasteiger partial charge >= 0.3 is 15.6 Å². The summed E-state index contributed by atoms with van der Waals surface area (Å²) in [6, 6.07) is 12.0. The fourth-order valence-corrected chi connectivity index (χ4v) is 5.68. The number of rotatable bonds is 6. The highest BCUT2D eigenvalue weighted by molar-refractivity contribution is 7.60. The molecular weight excluding hydrogens is 522 g/mol. The second-order valence-electron chi connectivity index (χ2n) is 14.2. The van der Waals surface area contributed by atoms with Crippen molar-refractivity contribution in [2.75, 3.05) is 0 Å². The third-order valence-corrected chi connectivity index (χ3v) is 8.58. The van der Waals surface area contributed by atoms with Gasteiger partial charge in [-0.3, -0.25) is 4.52 Å². The van der Waals surface area contributed by atoms with Gasteiger partial charge in [-0.25, -0.2) is 9.13 Å². The maximum atomic E-state index is 12.9. The van der Waals surface area contributed by atoms with Crippen molar-refractivity contribution in [3.05, 3.63) is 69.8 Å². The Labute approximate surface area is 228 Å². The van der Waals surface area contributed by atoms with Crippen LogP contribution in [0.2, 0.25) is 0 Å². The third-order valence-electron chi connectivity index (χ3n) is 6.43. The van der Waals surface area contributed by atoms with Crippen LogP contribution in [0.3, 0.4) is 0 Å². The van der Waals surface area contributed by atoms with Gasteiger partial charge < -0.3 is 14.7 Å². The summed E-state index contributed by atoms with van der Waals surface area (Å²) in [4.78, 5) is 29.1. The molecule has 2 aromatic carbocycles. The van der Waals surface area contributed by atoms with Crippen LogP contribution in [-0.4, -0.2) is 14.7 Å². The molecule has 0 heterocycles. The van der Waals surface area contributed by atoms with E-state index in [-0.39, 0.29) is 21.7 Å². The van der Waals surface area contributed by atoms with E-state index in [9.17, 15) is 23.8 Å². The highest BCUT2D eigenvalue weighted by atomic mass is 31.3. The molecule has 0 spiro atoms. The Morgan fingerprint density at radius 1 is 0.553 bits per heavy atom. The molecule has 0 amide bonds. The molecule has 0 saturated heterocycles. The van der Waals surface area contributed by atoms with E-state index < -0.39 is 21.7 Å². The molecule has 0 aliphatic carbocycles. The Morgan fingerprint density at radius 2 is 0.816 bits per heavy atom. The first-order valence-electron chi connectivity index (χ1n) is 12.8. The third kappa shape index (κ3) is 9.13. The van der Waals surface area contributed by atoms with Gasteiger partial charge in [-0.15, -0.1) is 0 Å². The maximum absolute atomic E-state index is 12.9. The minimum Gasteiger partial charge on any atom is -0.302 e. The average Bonchev–Trinajstić information content (AvgIpc) is 2.67. The molecule has 9 heteroatoms. The molecule has 0 saturated carbocycles. The summed E-state index contributed by atoms with van der Waals surface area (Å²) in [5.41, 5.74) is 4.23. The maximum Gasteiger partial charge on any atom is 0.482 e. The van der Waals surface area contributed by atoms with Gasteiger partial charge in [0.15, 0.2) is 0 Å². The molecule has 214 valence electrons. The van der Waals surface area contributed by atoms with Gasteiger partial charge in [-0.05, 0) is 55.0 Å². The van der Waals surface area contributed by atoms with Crippen LogP contribution in [0.25, 0.3) is 0 Å². The summed E-state index contributed by atoms with van der Waals surface area (Å²) in [5, 5.41) is 0. The molecule has 2 aromatic rings. The number of benzene rings is 2. The molecule has 0 fully saturated rings. The van der Waals surface area contributed by atoms with Crippen LogP contribution in [0.4, 0.5) is 0 Å². The van der Waals surface area contributed by atoms with Gasteiger partial charge in [-0.2, -0.15) is 4.31 Å². The first-order chi connectivity index (χ1) is 16.7. The molecule has 0 aliphatic rings. The van der Waals surface area contributed by atoms with Gasteiger partial charge in [0.05, 0.1) is 0 Å². The molecular formula is C29H46O7P2. The largest absolute Gasteiger partial charge is 0.482 e. The van der Waals surface area contributed by atoms with Crippen molar-refractivity contribution in [3.8, 4) is 0 Å². The van der Waals surface area contributed by atoms with Crippen LogP contribution >= 0.6 is 15.6 Å². The first-order valence-corrected chi connectivity index (χ1v) is 15.8. The van der Waals surface area contributed by atoms with Gasteiger partial charge in [0, 0.05) is 0 Å². The lowest BCUT2D eigenvalue weighted by Crippen LogP contribution is -2.20. The van der Waals surface area contributed by atoms with Crippen molar-refractivity contribution in [1.82, 2.24) is 0 Å². The minimum absolute atomic E-state index is 0.240. The van der Waals surface area contributed by atoms with Crippen molar-refractivity contribution in [3.63, 3.8) is 0 Å². The number of hydrogen-bond donors (Lipinski definition) is 3. The monoisotopic (exact) mass is 568 g/mol. The zero-order valence-corrected chi connectivity index (χ0v) is 26.7. The highest BCUT2D eigenvalue weighted by Crippen LogP contribution is 2.60. The Kier molecular flexibility index (Phi) is 9.17. The van der Waals surface area contributed by atoms with E-state index in [1.807, 2.05) is 24.3 Å². The summed E-state index contributed by atoms with van der Waals surface area (Å²) in [6.45, 7) is 25.0. The molecule has 38 heavy (non-hydrogen) atoms. The van der Waals surface area contributed by atoms with Gasteiger partial charge in [-0.1, -0.05) is 119 Å². The van der Waals surface area contributed by atoms with Crippen molar-refractivity contribution in [2.45, 2.75) is 111 Å². The predicted octanol–water partition coefficient (Wildman–Crippen LogP) is 8.19. The van der Waals surface area contributed by atoms with Crippen molar-refractivity contribution in [1.29, 1.82) is 0 Å². The molecule has 0 aromatic heterocycles. The van der Waals surface area contributed by atoms with Gasteiger partial charge in [0.25, 0.3) is 0 Å². The molecule has 7 nitrogen and oxygen atoms in total. The second-order valence-corrected chi connectivity index (χ2v) is 17.0. The van der Waals surface area contributed by atoms with E-state index in [2.05, 4.69) is 99.5 Å². The quantitative estimate of drug-likeness (QED) is 0.301. The molecule has 1 unspecified atom stereocenters. The lowest BCUT2D eigenvalue weighted by Gasteiger charge is -2.31. The fourth-order valence-electron chi connectivity index (χ4n) is 3.94. The lowest BCUT2D eigenvalue weighted by atomic mass is 9.77. The Morgan fingerprint density at radius 3 is 1.03 bits per heavy atom. The highest BCUT2D eigenvalue weighted by Gasteiger charge is 2.37. The normalized spacial score (nSPS) is 15.6. The smallest absolute Gasteiger partial charge is 0.302 e. The summed E-state index contributed by atoms with van der Waals surface area (Å²) in [5.74, 6) is 0. The van der Waals surface area contributed by atoms with Crippen molar-refractivity contribution < 1.29 is 32.6 Å². The summed E-state index contributed by atoms with van der Waals surface area (Å²) in [6.07, 6.45) is -1.14. The number of phosphoric ester groups is 1. The lowest BCUT2D eigenvalue weighted by molar-refractivity contribution is 0.147. The fraction of sp³-hybridized carbons (Fsp3) is 0.586. The molecule has 0 aliphatic heterocycles. The standard InChI is InChI=1S/C29H46O7P2/c1-26(2,3)21-13-19(14-22(17-21)27(4,5)6)25(35-38(33,34)36-37(30,31)32)20-15-23(28(7,8)9)18-24(16-20)29(10,11)12/h13-18,25H,1-12H3,(H,33,34)(H2,30,31,32). The summed E-state index contributed by atoms with van der Waals surface area (Å²) >= 11 is 0. The number of hydrogen-bond acceptors (Lipinski definition) is 4. The number of phosphoric acid groups is 2. The topological polar surface area (TPSA) is 113 Å². The Balaban J connectivity index is 2.97. The van der Waals surface area contributed by atoms with Gasteiger partial charge in [0.2, 0.25) is 0 Å². The zero-order chi connectivity index (χ0) is 29.7. The minimum atomic E-state index is -5.31. The Bertz CT molecular complexity index is 1110. The van der Waals surface area contributed by atoms with E-state index in [1.54, 1.807) is 0 Å². The SMILES string of the molecule is CC(C)(C)c1cc(C(OP(=O)(O)OP(=O)(O)O)c2cc(C(C)(C)C)cc(C(C)(C)C)c2)cc(C(C)(C)C)c1. The zero-order valence-electron chi connectivity index (χ0n) is 24.9. The Hall–Kier alpha value is -1.30. The van der Waals surface area contributed by atoms with E-state index in [0.29, 0.717) is 11.1 Å². The van der Waals surface area contributed by atoms with Crippen LogP contribution in [0.5, 0.6) is 0 Å². The molecule has 0 radical (unpaired) electrons. The van der Waals surface area contributed by atoms with Gasteiger partial charge in [0.1, 0.15) is 6.10 Å². The molecule has 3 N–H and O–H groups in total. The van der Waals surface area contributed by atoms with E-state index in [0.717, 1.165) is 22.3 Å². The van der Waals surface area contributed by atoms with Crippen molar-refractivity contribution >= 4 is 15.6 Å². The first kappa shape index (κ1) is 32.9. The van der Waals surface area contributed by atoms with Crippen molar-refractivity contribution in [2.24, 2.45) is 0 Å². The van der Waals surface area contributed by atoms with Crippen LogP contribution < -0.4 is 0 Å². The van der Waals surface area contributed by atoms with E-state index in [1.165, 1.54) is 0 Å². The van der Waals surface area contributed by atoms with Crippen LogP contribution in [0.15, 0.2) is 36.4 Å². The van der Waals surface area contributed by atoms with Crippen LogP contribution in [-0.2, 0) is 39.6 Å². The van der Waals surface area contributed by atoms with E-state index >= 15 is 0 Å². The summed E-state index contributed by atoms with van der Waals surface area (Å²) in [7, 11) is -10.5. The average molecular weight is 569 g/mol. The molecule has 0 bridgehead atoms. The van der Waals surface area contributed by atoms with Crippen LogP contribution in [0, 0.1) is 0 Å². The summed E-state index contributed by atoms with van der Waals surface area (Å²) < 4.78 is 34.3. The molecule has 1 atom stereocenters. The van der Waals surface area contributed by atoms with Crippen LogP contribution in [0.1, 0.15) is 123 Å². The second kappa shape index (κ2) is 10.6.